The quantitative estimate of drug-likeness (QED) is 0.819. The second-order valence-electron chi connectivity index (χ2n) is 5.17. The van der Waals surface area contributed by atoms with E-state index in [2.05, 4.69) is 48.8 Å². The lowest BCUT2D eigenvalue weighted by atomic mass is 9.97. The molecule has 1 saturated heterocycles. The highest BCUT2D eigenvalue weighted by Gasteiger charge is 2.21. The van der Waals surface area contributed by atoms with Crippen molar-refractivity contribution >= 4 is 0 Å². The van der Waals surface area contributed by atoms with Crippen LogP contribution in [0.5, 0.6) is 0 Å². The van der Waals surface area contributed by atoms with E-state index in [1.54, 1.807) is 0 Å². The Balaban J connectivity index is 2.22. The summed E-state index contributed by atoms with van der Waals surface area (Å²) < 4.78 is 0. The summed E-state index contributed by atoms with van der Waals surface area (Å²) in [4.78, 5) is 2.57. The van der Waals surface area contributed by atoms with Crippen LogP contribution in [-0.2, 0) is 0 Å². The molecule has 0 saturated carbocycles. The molecule has 1 aliphatic rings. The van der Waals surface area contributed by atoms with Crippen molar-refractivity contribution in [2.24, 2.45) is 0 Å². The van der Waals surface area contributed by atoms with Crippen LogP contribution in [0.15, 0.2) is 30.9 Å². The highest BCUT2D eigenvalue weighted by molar-refractivity contribution is 5.32. The van der Waals surface area contributed by atoms with Gasteiger partial charge in [0.1, 0.15) is 0 Å². The zero-order valence-electron chi connectivity index (χ0n) is 11.6. The van der Waals surface area contributed by atoms with Crippen molar-refractivity contribution in [2.75, 3.05) is 26.2 Å². The van der Waals surface area contributed by atoms with Gasteiger partial charge in [-0.1, -0.05) is 24.3 Å². The topological polar surface area (TPSA) is 15.3 Å². The lowest BCUT2D eigenvalue weighted by Gasteiger charge is -2.35. The SMILES string of the molecule is C=CC[C@H](c1ccc(C)c(C)c1)N1CCNCC1. The molecule has 0 radical (unpaired) electrons. The molecule has 1 N–H and O–H groups in total. The van der Waals surface area contributed by atoms with E-state index in [0.29, 0.717) is 6.04 Å². The second kappa shape index (κ2) is 6.17. The van der Waals surface area contributed by atoms with E-state index in [1.807, 2.05) is 6.08 Å². The first-order chi connectivity index (χ1) is 8.72. The minimum atomic E-state index is 0.490. The first-order valence-corrected chi connectivity index (χ1v) is 6.85. The largest absolute Gasteiger partial charge is 0.314 e. The van der Waals surface area contributed by atoms with E-state index in [1.165, 1.54) is 16.7 Å². The Morgan fingerprint density at radius 1 is 1.28 bits per heavy atom. The number of hydrogen-bond donors (Lipinski definition) is 1. The zero-order chi connectivity index (χ0) is 13.0. The number of hydrogen-bond acceptors (Lipinski definition) is 2. The molecule has 1 heterocycles. The van der Waals surface area contributed by atoms with Crippen LogP contribution in [-0.4, -0.2) is 31.1 Å². The lowest BCUT2D eigenvalue weighted by Crippen LogP contribution is -2.45. The summed E-state index contributed by atoms with van der Waals surface area (Å²) in [5.74, 6) is 0. The van der Waals surface area contributed by atoms with Crippen LogP contribution in [0.2, 0.25) is 0 Å². The van der Waals surface area contributed by atoms with Gasteiger partial charge < -0.3 is 5.32 Å². The van der Waals surface area contributed by atoms with E-state index in [9.17, 15) is 0 Å². The van der Waals surface area contributed by atoms with E-state index in [0.717, 1.165) is 32.6 Å². The molecule has 1 aromatic carbocycles. The van der Waals surface area contributed by atoms with Gasteiger partial charge in [0.25, 0.3) is 0 Å². The Bertz CT molecular complexity index is 406. The molecule has 0 unspecified atom stereocenters. The van der Waals surface area contributed by atoms with Gasteiger partial charge in [-0.3, -0.25) is 4.90 Å². The monoisotopic (exact) mass is 244 g/mol. The first kappa shape index (κ1) is 13.3. The van der Waals surface area contributed by atoms with Crippen LogP contribution < -0.4 is 5.32 Å². The molecule has 2 nitrogen and oxygen atoms in total. The summed E-state index contributed by atoms with van der Waals surface area (Å²) in [6.45, 7) is 12.7. The molecule has 1 aliphatic heterocycles. The summed E-state index contributed by atoms with van der Waals surface area (Å²) in [6.07, 6.45) is 3.07. The maximum atomic E-state index is 3.92. The highest BCUT2D eigenvalue weighted by Crippen LogP contribution is 2.26. The third-order valence-electron chi connectivity index (χ3n) is 3.90. The van der Waals surface area contributed by atoms with Crippen LogP contribution in [0.1, 0.15) is 29.2 Å². The third-order valence-corrected chi connectivity index (χ3v) is 3.90. The number of nitrogens with zero attached hydrogens (tertiary/aromatic N) is 1. The Morgan fingerprint density at radius 3 is 2.61 bits per heavy atom. The molecule has 2 heteroatoms. The van der Waals surface area contributed by atoms with Crippen LogP contribution in [0.3, 0.4) is 0 Å². The van der Waals surface area contributed by atoms with Crippen LogP contribution in [0.25, 0.3) is 0 Å². The van der Waals surface area contributed by atoms with Gasteiger partial charge in [0, 0.05) is 32.2 Å². The smallest absolute Gasteiger partial charge is 0.0383 e. The molecule has 0 amide bonds. The van der Waals surface area contributed by atoms with Gasteiger partial charge in [-0.15, -0.1) is 6.58 Å². The average molecular weight is 244 g/mol. The average Bonchev–Trinajstić information content (AvgIpc) is 2.40. The van der Waals surface area contributed by atoms with Gasteiger partial charge in [0.2, 0.25) is 0 Å². The van der Waals surface area contributed by atoms with Gasteiger partial charge in [-0.2, -0.15) is 0 Å². The number of piperazine rings is 1. The van der Waals surface area contributed by atoms with E-state index in [-0.39, 0.29) is 0 Å². The molecule has 0 aliphatic carbocycles. The van der Waals surface area contributed by atoms with Crippen LogP contribution >= 0.6 is 0 Å². The Kier molecular flexibility index (Phi) is 4.56. The maximum absolute atomic E-state index is 3.92. The summed E-state index contributed by atoms with van der Waals surface area (Å²) >= 11 is 0. The predicted octanol–water partition coefficient (Wildman–Crippen LogP) is 2.83. The van der Waals surface area contributed by atoms with Crippen molar-refractivity contribution in [3.8, 4) is 0 Å². The summed E-state index contributed by atoms with van der Waals surface area (Å²) in [7, 11) is 0. The number of benzene rings is 1. The van der Waals surface area contributed by atoms with E-state index in [4.69, 9.17) is 0 Å². The predicted molar refractivity (Wildman–Crippen MR) is 77.9 cm³/mol. The van der Waals surface area contributed by atoms with Crippen molar-refractivity contribution < 1.29 is 0 Å². The number of nitrogens with one attached hydrogen (secondary N) is 1. The first-order valence-electron chi connectivity index (χ1n) is 6.85. The molecule has 0 aromatic heterocycles. The van der Waals surface area contributed by atoms with Gasteiger partial charge in [-0.25, -0.2) is 0 Å². The molecule has 1 atom stereocenters. The van der Waals surface area contributed by atoms with Crippen LogP contribution in [0, 0.1) is 13.8 Å². The van der Waals surface area contributed by atoms with Gasteiger partial charge in [-0.05, 0) is 37.0 Å². The third kappa shape index (κ3) is 3.01. The van der Waals surface area contributed by atoms with E-state index >= 15 is 0 Å². The molecule has 18 heavy (non-hydrogen) atoms. The summed E-state index contributed by atoms with van der Waals surface area (Å²) in [5.41, 5.74) is 4.19. The fourth-order valence-electron chi connectivity index (χ4n) is 2.62. The Morgan fingerprint density at radius 2 is 2.00 bits per heavy atom. The van der Waals surface area contributed by atoms with Gasteiger partial charge in [0.05, 0.1) is 0 Å². The Hall–Kier alpha value is -1.12. The minimum absolute atomic E-state index is 0.490. The molecule has 2 rings (SSSR count). The fraction of sp³-hybridized carbons (Fsp3) is 0.500. The van der Waals surface area contributed by atoms with E-state index < -0.39 is 0 Å². The molecule has 1 fully saturated rings. The summed E-state index contributed by atoms with van der Waals surface area (Å²) in [5, 5.41) is 3.42. The molecular formula is C16H24N2. The normalized spacial score (nSPS) is 18.6. The zero-order valence-corrected chi connectivity index (χ0v) is 11.6. The van der Waals surface area contributed by atoms with Gasteiger partial charge >= 0.3 is 0 Å². The van der Waals surface area contributed by atoms with Gasteiger partial charge in [0.15, 0.2) is 0 Å². The van der Waals surface area contributed by atoms with Crippen molar-refractivity contribution in [3.05, 3.63) is 47.5 Å². The van der Waals surface area contributed by atoms with Crippen molar-refractivity contribution in [2.45, 2.75) is 26.3 Å². The number of rotatable bonds is 4. The summed E-state index contributed by atoms with van der Waals surface area (Å²) in [6, 6.07) is 7.34. The standard InChI is InChI=1S/C16H24N2/c1-4-5-16(18-10-8-17-9-11-18)15-7-6-13(2)14(3)12-15/h4,6-7,12,16-17H,1,5,8-11H2,2-3H3/t16-/m1/s1. The molecule has 1 aromatic rings. The minimum Gasteiger partial charge on any atom is -0.314 e. The molecule has 0 bridgehead atoms. The Labute approximate surface area is 111 Å². The lowest BCUT2D eigenvalue weighted by molar-refractivity contribution is 0.174. The van der Waals surface area contributed by atoms with Crippen molar-refractivity contribution in [3.63, 3.8) is 0 Å². The van der Waals surface area contributed by atoms with Crippen molar-refractivity contribution in [1.29, 1.82) is 0 Å². The van der Waals surface area contributed by atoms with Crippen LogP contribution in [0.4, 0.5) is 0 Å². The van der Waals surface area contributed by atoms with Crippen molar-refractivity contribution in [1.82, 2.24) is 10.2 Å². The maximum Gasteiger partial charge on any atom is 0.0383 e. The fourth-order valence-corrected chi connectivity index (χ4v) is 2.62. The second-order valence-corrected chi connectivity index (χ2v) is 5.17. The molecule has 98 valence electrons. The number of aryl methyl sites for hydroxylation is 2. The molecular weight excluding hydrogens is 220 g/mol. The molecule has 0 spiro atoms. The highest BCUT2D eigenvalue weighted by atomic mass is 15.2.